The quantitative estimate of drug-likeness (QED) is 0.168. The van der Waals surface area contributed by atoms with Crippen molar-refractivity contribution < 1.29 is 4.42 Å². The van der Waals surface area contributed by atoms with Crippen molar-refractivity contribution in [3.8, 4) is 33.4 Å². The Hall–Kier alpha value is -5.95. The standard InChI is InChI=1S/C50H39NOSi2/c1-53(2)45-19-10-8-16-39(45)42-30-37(23-26-46(42)53)51(36-15-11-14-34(29-36)35-21-20-32-12-5-6-13-33(32)28-35)38-22-24-41-48(31-38)54(3,4)47-27-25-44-49(50(41)47)40-17-7-9-18-43(40)52-44/h5-31H,1-4H3. The van der Waals surface area contributed by atoms with E-state index in [2.05, 4.69) is 195 Å². The molecule has 4 heteroatoms. The first-order valence-corrected chi connectivity index (χ1v) is 25.0. The average molecular weight is 726 g/mol. The maximum atomic E-state index is 6.40. The van der Waals surface area contributed by atoms with Gasteiger partial charge in [-0.05, 0) is 119 Å². The zero-order valence-corrected chi connectivity index (χ0v) is 32.9. The molecule has 9 aromatic rings. The monoisotopic (exact) mass is 725 g/mol. The van der Waals surface area contributed by atoms with Gasteiger partial charge >= 0.3 is 0 Å². The molecule has 3 heterocycles. The molecule has 0 N–H and O–H groups in total. The Morgan fingerprint density at radius 3 is 2.00 bits per heavy atom. The van der Waals surface area contributed by atoms with Gasteiger partial charge in [-0.3, -0.25) is 0 Å². The van der Waals surface area contributed by atoms with Crippen molar-refractivity contribution in [2.24, 2.45) is 0 Å². The maximum absolute atomic E-state index is 6.40. The number of anilines is 3. The molecule has 0 atom stereocenters. The van der Waals surface area contributed by atoms with Crippen LogP contribution in [0.4, 0.5) is 17.1 Å². The molecule has 0 fully saturated rings. The smallest absolute Gasteiger partial charge is 0.136 e. The molecule has 11 rings (SSSR count). The highest BCUT2D eigenvalue weighted by Gasteiger charge is 2.40. The van der Waals surface area contributed by atoms with Crippen molar-refractivity contribution in [1.82, 2.24) is 0 Å². The number of para-hydroxylation sites is 1. The van der Waals surface area contributed by atoms with Crippen LogP contribution in [-0.4, -0.2) is 16.1 Å². The lowest BCUT2D eigenvalue weighted by molar-refractivity contribution is 0.669. The van der Waals surface area contributed by atoms with E-state index in [1.807, 2.05) is 0 Å². The summed E-state index contributed by atoms with van der Waals surface area (Å²) in [6.45, 7) is 10.0. The van der Waals surface area contributed by atoms with Crippen LogP contribution < -0.4 is 25.6 Å². The number of nitrogens with zero attached hydrogens (tertiary/aromatic N) is 1. The third-order valence-corrected chi connectivity index (χ3v) is 19.5. The molecule has 0 aliphatic carbocycles. The van der Waals surface area contributed by atoms with E-state index in [4.69, 9.17) is 4.42 Å². The van der Waals surface area contributed by atoms with Crippen molar-refractivity contribution in [3.05, 3.63) is 164 Å². The summed E-state index contributed by atoms with van der Waals surface area (Å²) in [5, 5.41) is 11.0. The van der Waals surface area contributed by atoms with E-state index >= 15 is 0 Å². The fraction of sp³-hybridized carbons (Fsp3) is 0.0800. The van der Waals surface area contributed by atoms with Crippen LogP contribution in [0.2, 0.25) is 26.2 Å². The highest BCUT2D eigenvalue weighted by atomic mass is 28.3. The topological polar surface area (TPSA) is 16.4 Å². The van der Waals surface area contributed by atoms with E-state index in [0.29, 0.717) is 0 Å². The van der Waals surface area contributed by atoms with Crippen LogP contribution >= 0.6 is 0 Å². The van der Waals surface area contributed by atoms with Gasteiger partial charge in [0.25, 0.3) is 0 Å². The summed E-state index contributed by atoms with van der Waals surface area (Å²) in [4.78, 5) is 2.50. The van der Waals surface area contributed by atoms with Gasteiger partial charge in [0.1, 0.15) is 27.3 Å². The van der Waals surface area contributed by atoms with Gasteiger partial charge in [0, 0.05) is 27.8 Å². The number of hydrogen-bond acceptors (Lipinski definition) is 2. The van der Waals surface area contributed by atoms with Gasteiger partial charge in [0.05, 0.1) is 0 Å². The second-order valence-corrected chi connectivity index (χ2v) is 24.8. The first kappa shape index (κ1) is 31.6. The van der Waals surface area contributed by atoms with Gasteiger partial charge in [-0.25, -0.2) is 0 Å². The van der Waals surface area contributed by atoms with Crippen molar-refractivity contribution >= 4 is 86.7 Å². The third-order valence-electron chi connectivity index (χ3n) is 12.4. The summed E-state index contributed by atoms with van der Waals surface area (Å²) >= 11 is 0. The predicted molar refractivity (Wildman–Crippen MR) is 236 cm³/mol. The molecule has 0 spiro atoms. The average Bonchev–Trinajstić information content (AvgIpc) is 3.77. The SMILES string of the molecule is C[Si]1(C)c2ccccc2-c2cc(N(c3cccc(-c4ccc5ccccc5c4)c3)c3ccc4c(c3)[Si](C)(C)c3ccc5oc6ccccc6c5c3-4)ccc21. The largest absolute Gasteiger partial charge is 0.456 e. The molecule has 2 nitrogen and oxygen atoms in total. The lowest BCUT2D eigenvalue weighted by Crippen LogP contribution is -2.49. The fourth-order valence-corrected chi connectivity index (χ4v) is 15.8. The summed E-state index contributed by atoms with van der Waals surface area (Å²) in [6.07, 6.45) is 0. The van der Waals surface area contributed by atoms with Crippen molar-refractivity contribution in [3.63, 3.8) is 0 Å². The minimum atomic E-state index is -2.07. The Morgan fingerprint density at radius 2 is 1.09 bits per heavy atom. The fourth-order valence-electron chi connectivity index (χ4n) is 9.66. The van der Waals surface area contributed by atoms with E-state index in [1.54, 1.807) is 0 Å². The number of rotatable bonds is 4. The summed E-state index contributed by atoms with van der Waals surface area (Å²) in [7, 11) is -3.87. The van der Waals surface area contributed by atoms with Gasteiger partial charge < -0.3 is 9.32 Å². The lowest BCUT2D eigenvalue weighted by atomic mass is 9.98. The molecule has 0 saturated heterocycles. The maximum Gasteiger partial charge on any atom is 0.136 e. The number of hydrogen-bond donors (Lipinski definition) is 0. The van der Waals surface area contributed by atoms with Gasteiger partial charge in [-0.2, -0.15) is 0 Å². The molecule has 1 aromatic heterocycles. The van der Waals surface area contributed by atoms with Crippen LogP contribution in [0.3, 0.4) is 0 Å². The molecule has 0 unspecified atom stereocenters. The number of furan rings is 1. The summed E-state index contributed by atoms with van der Waals surface area (Å²) in [5.74, 6) is 0. The van der Waals surface area contributed by atoms with Crippen LogP contribution in [-0.2, 0) is 0 Å². The zero-order chi connectivity index (χ0) is 36.3. The Morgan fingerprint density at radius 1 is 0.407 bits per heavy atom. The van der Waals surface area contributed by atoms with E-state index in [0.717, 1.165) is 16.9 Å². The van der Waals surface area contributed by atoms with Gasteiger partial charge in [0.15, 0.2) is 0 Å². The van der Waals surface area contributed by atoms with E-state index in [1.165, 1.54) is 87.0 Å². The molecule has 0 saturated carbocycles. The molecular formula is C50H39NOSi2. The first-order chi connectivity index (χ1) is 26.3. The zero-order valence-electron chi connectivity index (χ0n) is 30.9. The highest BCUT2D eigenvalue weighted by Crippen LogP contribution is 2.44. The number of benzene rings is 8. The summed E-state index contributed by atoms with van der Waals surface area (Å²) < 4.78 is 6.40. The van der Waals surface area contributed by atoms with Crippen molar-refractivity contribution in [2.45, 2.75) is 26.2 Å². The predicted octanol–water partition coefficient (Wildman–Crippen LogP) is 11.5. The van der Waals surface area contributed by atoms with Crippen LogP contribution in [0.25, 0.3) is 66.1 Å². The molecule has 8 aromatic carbocycles. The molecule has 0 bridgehead atoms. The van der Waals surface area contributed by atoms with Gasteiger partial charge in [-0.1, -0.05) is 135 Å². The molecule has 2 aliphatic heterocycles. The van der Waals surface area contributed by atoms with Crippen LogP contribution in [0, 0.1) is 0 Å². The minimum absolute atomic E-state index is 0.951. The Bertz CT molecular complexity index is 3020. The number of fused-ring (bicyclic) bond motifs is 11. The van der Waals surface area contributed by atoms with E-state index in [9.17, 15) is 0 Å². The molecule has 0 radical (unpaired) electrons. The second-order valence-electron chi connectivity index (χ2n) is 16.2. The van der Waals surface area contributed by atoms with Gasteiger partial charge in [0.2, 0.25) is 0 Å². The van der Waals surface area contributed by atoms with Crippen molar-refractivity contribution in [2.75, 3.05) is 4.90 Å². The highest BCUT2D eigenvalue weighted by molar-refractivity contribution is 7.04. The van der Waals surface area contributed by atoms with Crippen LogP contribution in [0.5, 0.6) is 0 Å². The first-order valence-electron chi connectivity index (χ1n) is 19.0. The second kappa shape index (κ2) is 11.3. The Balaban J connectivity index is 1.12. The van der Waals surface area contributed by atoms with E-state index < -0.39 is 16.1 Å². The Kier molecular flexibility index (Phi) is 6.60. The van der Waals surface area contributed by atoms with Crippen molar-refractivity contribution in [1.29, 1.82) is 0 Å². The third kappa shape index (κ3) is 4.44. The van der Waals surface area contributed by atoms with Crippen LogP contribution in [0.15, 0.2) is 168 Å². The molecule has 258 valence electrons. The normalized spacial score (nSPS) is 14.6. The molecular weight excluding hydrogens is 687 g/mol. The minimum Gasteiger partial charge on any atom is -0.456 e. The van der Waals surface area contributed by atoms with E-state index in [-0.39, 0.29) is 0 Å². The Labute approximate surface area is 318 Å². The molecule has 2 aliphatic rings. The summed E-state index contributed by atoms with van der Waals surface area (Å²) in [6, 6.07) is 61.2. The molecule has 0 amide bonds. The lowest BCUT2D eigenvalue weighted by Gasteiger charge is -2.29. The molecule has 54 heavy (non-hydrogen) atoms. The van der Waals surface area contributed by atoms with Gasteiger partial charge in [-0.15, -0.1) is 0 Å². The van der Waals surface area contributed by atoms with Crippen LogP contribution in [0.1, 0.15) is 0 Å². The summed E-state index contributed by atoms with van der Waals surface area (Å²) in [5.41, 5.74) is 13.4.